The van der Waals surface area contributed by atoms with Gasteiger partial charge < -0.3 is 10.2 Å². The van der Waals surface area contributed by atoms with E-state index in [4.69, 9.17) is 0 Å². The summed E-state index contributed by atoms with van der Waals surface area (Å²) < 4.78 is 0. The van der Waals surface area contributed by atoms with E-state index in [1.165, 1.54) is 6.07 Å². The summed E-state index contributed by atoms with van der Waals surface area (Å²) in [7, 11) is 0. The Morgan fingerprint density at radius 3 is 2.45 bits per heavy atom. The largest absolute Gasteiger partial charge is 0.507 e. The van der Waals surface area contributed by atoms with Crippen molar-refractivity contribution in [3.8, 4) is 5.75 Å². The van der Waals surface area contributed by atoms with Crippen LogP contribution in [0.1, 0.15) is 22.3 Å². The Bertz CT molecular complexity index is 617. The quantitative estimate of drug-likeness (QED) is 0.654. The maximum absolute atomic E-state index is 12.7. The molecule has 0 heterocycles. The van der Waals surface area contributed by atoms with E-state index in [1.54, 1.807) is 12.1 Å². The van der Waals surface area contributed by atoms with Crippen LogP contribution in [0.4, 0.5) is 0 Å². The molecular formula is C16H16O4. The first-order valence-electron chi connectivity index (χ1n) is 6.74. The molecule has 4 nitrogen and oxygen atoms in total. The van der Waals surface area contributed by atoms with E-state index in [9.17, 15) is 19.8 Å². The minimum Gasteiger partial charge on any atom is -0.507 e. The van der Waals surface area contributed by atoms with Crippen LogP contribution in [0.5, 0.6) is 5.75 Å². The van der Waals surface area contributed by atoms with Gasteiger partial charge in [-0.25, -0.2) is 0 Å². The number of aromatic hydroxyl groups is 1. The number of ketones is 1. The van der Waals surface area contributed by atoms with Gasteiger partial charge in [0.1, 0.15) is 5.75 Å². The number of carbonyl (C=O) groups is 2. The van der Waals surface area contributed by atoms with Gasteiger partial charge in [-0.1, -0.05) is 23.8 Å². The molecule has 3 rings (SSSR count). The molecule has 0 unspecified atom stereocenters. The Hall–Kier alpha value is -2.10. The Kier molecular flexibility index (Phi) is 2.89. The van der Waals surface area contributed by atoms with Gasteiger partial charge in [-0.05, 0) is 37.3 Å². The zero-order valence-corrected chi connectivity index (χ0v) is 11.1. The topological polar surface area (TPSA) is 74.6 Å². The monoisotopic (exact) mass is 272 g/mol. The number of hydrogen-bond acceptors (Lipinski definition) is 3. The number of carboxylic acids is 1. The molecule has 104 valence electrons. The van der Waals surface area contributed by atoms with Gasteiger partial charge in [0.05, 0.1) is 11.5 Å². The fraction of sp³-hybridized carbons (Fsp3) is 0.375. The van der Waals surface area contributed by atoms with Crippen molar-refractivity contribution in [3.05, 3.63) is 41.5 Å². The summed E-state index contributed by atoms with van der Waals surface area (Å²) in [5.41, 5.74) is 1.11. The minimum atomic E-state index is -0.924. The highest BCUT2D eigenvalue weighted by Crippen LogP contribution is 2.49. The minimum absolute atomic E-state index is 0.0199. The van der Waals surface area contributed by atoms with Crippen molar-refractivity contribution in [2.75, 3.05) is 0 Å². The lowest BCUT2D eigenvalue weighted by Crippen LogP contribution is -2.33. The van der Waals surface area contributed by atoms with E-state index < -0.39 is 17.8 Å². The second-order valence-electron chi connectivity index (χ2n) is 5.72. The first-order chi connectivity index (χ1) is 9.49. The van der Waals surface area contributed by atoms with Gasteiger partial charge in [-0.2, -0.15) is 0 Å². The number of aryl methyl sites for hydroxylation is 1. The van der Waals surface area contributed by atoms with Gasteiger partial charge >= 0.3 is 5.97 Å². The van der Waals surface area contributed by atoms with Crippen LogP contribution in [0.2, 0.25) is 0 Å². The number of Topliss-reactive ketones (excluding diaryl/α,β-unsaturated/α-hetero) is 1. The number of phenols is 1. The lowest BCUT2D eigenvalue weighted by atomic mass is 9.78. The van der Waals surface area contributed by atoms with E-state index >= 15 is 0 Å². The highest BCUT2D eigenvalue weighted by atomic mass is 16.4. The lowest BCUT2D eigenvalue weighted by molar-refractivity contribution is -0.143. The molecule has 2 bridgehead atoms. The Morgan fingerprint density at radius 1 is 1.15 bits per heavy atom. The van der Waals surface area contributed by atoms with Gasteiger partial charge in [-0.15, -0.1) is 0 Å². The van der Waals surface area contributed by atoms with E-state index in [2.05, 4.69) is 0 Å². The molecule has 0 radical (unpaired) electrons. The van der Waals surface area contributed by atoms with Gasteiger partial charge in [-0.3, -0.25) is 9.59 Å². The van der Waals surface area contributed by atoms with Crippen LogP contribution in [-0.2, 0) is 4.79 Å². The number of carboxylic acid groups (broad SMARTS) is 1. The molecule has 4 atom stereocenters. The summed E-state index contributed by atoms with van der Waals surface area (Å²) in [5.74, 6) is -2.56. The molecule has 2 aliphatic carbocycles. The van der Waals surface area contributed by atoms with E-state index in [0.29, 0.717) is 0 Å². The summed E-state index contributed by atoms with van der Waals surface area (Å²) in [6.45, 7) is 1.84. The number of allylic oxidation sites excluding steroid dienone is 2. The molecule has 2 N–H and O–H groups in total. The first kappa shape index (κ1) is 12.9. The predicted octanol–water partition coefficient (Wildman–Crippen LogP) is 2.41. The third-order valence-electron chi connectivity index (χ3n) is 4.46. The summed E-state index contributed by atoms with van der Waals surface area (Å²) in [6.07, 6.45) is 4.57. The number of rotatable bonds is 3. The van der Waals surface area contributed by atoms with Gasteiger partial charge in [0.25, 0.3) is 0 Å². The zero-order chi connectivity index (χ0) is 14.4. The second-order valence-corrected chi connectivity index (χ2v) is 5.72. The molecule has 0 spiro atoms. The molecule has 0 amide bonds. The molecular weight excluding hydrogens is 256 g/mol. The highest BCUT2D eigenvalue weighted by Gasteiger charge is 2.51. The van der Waals surface area contributed by atoms with Gasteiger partial charge in [0.15, 0.2) is 5.78 Å². The van der Waals surface area contributed by atoms with Crippen molar-refractivity contribution >= 4 is 11.8 Å². The van der Waals surface area contributed by atoms with Crippen LogP contribution in [0.15, 0.2) is 30.4 Å². The number of benzene rings is 1. The molecule has 0 aromatic heterocycles. The average molecular weight is 272 g/mol. The first-order valence-corrected chi connectivity index (χ1v) is 6.74. The van der Waals surface area contributed by atoms with Crippen LogP contribution in [-0.4, -0.2) is 22.0 Å². The fourth-order valence-corrected chi connectivity index (χ4v) is 3.54. The normalized spacial score (nSPS) is 30.6. The summed E-state index contributed by atoms with van der Waals surface area (Å²) in [5, 5.41) is 19.3. The van der Waals surface area contributed by atoms with Crippen molar-refractivity contribution in [3.63, 3.8) is 0 Å². The molecule has 4 heteroatoms. The number of aliphatic carboxylic acids is 1. The molecule has 1 aromatic rings. The Balaban J connectivity index is 1.99. The van der Waals surface area contributed by atoms with Crippen LogP contribution in [0, 0.1) is 30.6 Å². The maximum atomic E-state index is 12.7. The smallest absolute Gasteiger partial charge is 0.307 e. The van der Waals surface area contributed by atoms with E-state index in [1.807, 2.05) is 19.1 Å². The molecule has 1 saturated carbocycles. The standard InChI is InChI=1S/C16H16O4/c1-8-2-5-12(17)11(6-8)15(18)13-9-3-4-10(7-9)14(13)16(19)20/h2-6,9-10,13-14,17H,7H2,1H3,(H,19,20)/t9-,10-,13+,14+/m0/s1. The van der Waals surface area contributed by atoms with Crippen LogP contribution < -0.4 is 0 Å². The molecule has 2 aliphatic rings. The maximum Gasteiger partial charge on any atom is 0.307 e. The Labute approximate surface area is 116 Å². The predicted molar refractivity (Wildman–Crippen MR) is 72.5 cm³/mol. The second kappa shape index (κ2) is 4.47. The molecule has 0 aliphatic heterocycles. The average Bonchev–Trinajstić information content (AvgIpc) is 3.00. The Morgan fingerprint density at radius 2 is 1.80 bits per heavy atom. The van der Waals surface area contributed by atoms with Gasteiger partial charge in [0, 0.05) is 5.92 Å². The molecule has 0 saturated heterocycles. The van der Waals surface area contributed by atoms with Crippen molar-refractivity contribution < 1.29 is 19.8 Å². The highest BCUT2D eigenvalue weighted by molar-refractivity contribution is 6.03. The number of carbonyl (C=O) groups excluding carboxylic acids is 1. The zero-order valence-electron chi connectivity index (χ0n) is 11.1. The van der Waals surface area contributed by atoms with Crippen LogP contribution in [0.25, 0.3) is 0 Å². The van der Waals surface area contributed by atoms with E-state index in [-0.39, 0.29) is 28.9 Å². The molecule has 1 aromatic carbocycles. The fourth-order valence-electron chi connectivity index (χ4n) is 3.54. The van der Waals surface area contributed by atoms with Gasteiger partial charge in [0.2, 0.25) is 0 Å². The van der Waals surface area contributed by atoms with Crippen molar-refractivity contribution in [2.24, 2.45) is 23.7 Å². The van der Waals surface area contributed by atoms with E-state index in [0.717, 1.165) is 12.0 Å². The summed E-state index contributed by atoms with van der Waals surface area (Å²) in [4.78, 5) is 24.1. The van der Waals surface area contributed by atoms with Crippen molar-refractivity contribution in [2.45, 2.75) is 13.3 Å². The molecule has 20 heavy (non-hydrogen) atoms. The third kappa shape index (κ3) is 1.83. The molecule has 1 fully saturated rings. The summed E-state index contributed by atoms with van der Waals surface area (Å²) >= 11 is 0. The SMILES string of the molecule is Cc1ccc(O)c(C(=O)[C@H]2[C@H](C(=O)O)[C@H]3C=C[C@H]2C3)c1. The van der Waals surface area contributed by atoms with Crippen LogP contribution >= 0.6 is 0 Å². The number of phenolic OH excluding ortho intramolecular Hbond substituents is 1. The number of fused-ring (bicyclic) bond motifs is 2. The lowest BCUT2D eigenvalue weighted by Gasteiger charge is -2.24. The van der Waals surface area contributed by atoms with Crippen LogP contribution in [0.3, 0.4) is 0 Å². The number of hydrogen-bond donors (Lipinski definition) is 2. The van der Waals surface area contributed by atoms with Crippen molar-refractivity contribution in [1.82, 2.24) is 0 Å². The summed E-state index contributed by atoms with van der Waals surface area (Å²) in [6, 6.07) is 4.84. The third-order valence-corrected chi connectivity index (χ3v) is 4.46. The van der Waals surface area contributed by atoms with Crippen molar-refractivity contribution in [1.29, 1.82) is 0 Å².